The highest BCUT2D eigenvalue weighted by molar-refractivity contribution is 5.74. The third-order valence-electron chi connectivity index (χ3n) is 4.93. The molecular weight excluding hydrogens is 368 g/mol. The summed E-state index contributed by atoms with van der Waals surface area (Å²) in [6, 6.07) is 8.02. The van der Waals surface area contributed by atoms with E-state index in [1.54, 1.807) is 17.9 Å². The van der Waals surface area contributed by atoms with Gasteiger partial charge < -0.3 is 4.74 Å². The first kappa shape index (κ1) is 18.9. The van der Waals surface area contributed by atoms with E-state index in [1.165, 1.54) is 4.57 Å². The first-order chi connectivity index (χ1) is 13.9. The van der Waals surface area contributed by atoms with Crippen LogP contribution < -0.4 is 10.3 Å². The Balaban J connectivity index is 1.68. The van der Waals surface area contributed by atoms with Gasteiger partial charge in [-0.15, -0.1) is 0 Å². The molecule has 0 atom stereocenters. The summed E-state index contributed by atoms with van der Waals surface area (Å²) in [6.07, 6.45) is 3.60. The largest absolute Gasteiger partial charge is 0.425 e. The van der Waals surface area contributed by atoms with Crippen LogP contribution in [0.25, 0.3) is 22.2 Å². The van der Waals surface area contributed by atoms with E-state index in [9.17, 15) is 4.79 Å². The number of ether oxygens (including phenoxy) is 1. The van der Waals surface area contributed by atoms with Gasteiger partial charge in [0, 0.05) is 31.4 Å². The summed E-state index contributed by atoms with van der Waals surface area (Å²) >= 11 is 0. The van der Waals surface area contributed by atoms with E-state index in [-0.39, 0.29) is 17.6 Å². The number of fused-ring (bicyclic) bond motifs is 1. The maximum absolute atomic E-state index is 12.7. The fourth-order valence-corrected chi connectivity index (χ4v) is 3.29. The van der Waals surface area contributed by atoms with Crippen molar-refractivity contribution in [3.8, 4) is 22.9 Å². The molecule has 3 heterocycles. The Morgan fingerprint density at radius 1 is 1.17 bits per heavy atom. The van der Waals surface area contributed by atoms with Crippen molar-refractivity contribution < 1.29 is 4.74 Å². The second-order valence-electron chi connectivity index (χ2n) is 7.29. The van der Waals surface area contributed by atoms with Gasteiger partial charge in [0.15, 0.2) is 5.65 Å². The van der Waals surface area contributed by atoms with E-state index < -0.39 is 0 Å². The molecule has 0 spiro atoms. The summed E-state index contributed by atoms with van der Waals surface area (Å²) in [5, 5.41) is 9.26. The Morgan fingerprint density at radius 3 is 2.52 bits per heavy atom. The normalized spacial score (nSPS) is 11.5. The molecule has 8 nitrogen and oxygen atoms in total. The Bertz CT molecular complexity index is 1230. The quantitative estimate of drug-likeness (QED) is 0.517. The molecule has 0 aliphatic heterocycles. The van der Waals surface area contributed by atoms with E-state index in [0.717, 1.165) is 23.4 Å². The predicted octanol–water partition coefficient (Wildman–Crippen LogP) is 3.70. The number of aromatic nitrogens is 6. The summed E-state index contributed by atoms with van der Waals surface area (Å²) in [7, 11) is 1.65. The molecule has 29 heavy (non-hydrogen) atoms. The maximum atomic E-state index is 12.7. The number of nitrogens with zero attached hydrogens (tertiary/aromatic N) is 6. The van der Waals surface area contributed by atoms with Crippen LogP contribution in [0.15, 0.2) is 41.5 Å². The molecule has 150 valence electrons. The van der Waals surface area contributed by atoms with E-state index in [1.807, 2.05) is 55.9 Å². The van der Waals surface area contributed by atoms with Crippen LogP contribution >= 0.6 is 0 Å². The molecule has 0 amide bonds. The van der Waals surface area contributed by atoms with Crippen LogP contribution in [0.3, 0.4) is 0 Å². The highest BCUT2D eigenvalue weighted by atomic mass is 16.5. The minimum atomic E-state index is -0.184. The molecule has 4 aromatic rings. The fraction of sp³-hybridized carbons (Fsp3) is 0.333. The lowest BCUT2D eigenvalue weighted by Crippen LogP contribution is -2.20. The summed E-state index contributed by atoms with van der Waals surface area (Å²) in [6.45, 7) is 8.88. The second-order valence-corrected chi connectivity index (χ2v) is 7.29. The number of aryl methyl sites for hydroxylation is 2. The van der Waals surface area contributed by atoms with E-state index >= 15 is 0 Å². The Kier molecular flexibility index (Phi) is 4.70. The van der Waals surface area contributed by atoms with Crippen molar-refractivity contribution in [1.82, 2.24) is 29.1 Å². The molecule has 4 rings (SSSR count). The van der Waals surface area contributed by atoms with Crippen LogP contribution in [-0.4, -0.2) is 29.1 Å². The molecule has 0 saturated carbocycles. The van der Waals surface area contributed by atoms with Gasteiger partial charge in [-0.2, -0.15) is 15.2 Å². The number of rotatable bonds is 5. The molecule has 0 fully saturated rings. The summed E-state index contributed by atoms with van der Waals surface area (Å²) < 4.78 is 11.0. The lowest BCUT2D eigenvalue weighted by atomic mass is 10.1. The van der Waals surface area contributed by atoms with Crippen LogP contribution in [0.1, 0.15) is 32.5 Å². The van der Waals surface area contributed by atoms with Crippen molar-refractivity contribution >= 4 is 11.0 Å². The average Bonchev–Trinajstić information content (AvgIpc) is 3.30. The lowest BCUT2D eigenvalue weighted by Gasteiger charge is -2.11. The van der Waals surface area contributed by atoms with Gasteiger partial charge >= 0.3 is 6.01 Å². The maximum Gasteiger partial charge on any atom is 0.306 e. The Hall–Kier alpha value is -3.42. The van der Waals surface area contributed by atoms with Crippen LogP contribution in [0, 0.1) is 6.92 Å². The van der Waals surface area contributed by atoms with Gasteiger partial charge in [-0.25, -0.2) is 4.68 Å². The third kappa shape index (κ3) is 3.30. The molecule has 0 radical (unpaired) electrons. The minimum Gasteiger partial charge on any atom is -0.425 e. The molecular formula is C21H24N6O2. The van der Waals surface area contributed by atoms with E-state index in [0.29, 0.717) is 16.8 Å². The van der Waals surface area contributed by atoms with Crippen molar-refractivity contribution in [3.05, 3.63) is 52.7 Å². The van der Waals surface area contributed by atoms with Crippen LogP contribution in [0.4, 0.5) is 0 Å². The van der Waals surface area contributed by atoms with Gasteiger partial charge in [0.05, 0.1) is 11.9 Å². The minimum absolute atomic E-state index is 0.0894. The second kappa shape index (κ2) is 7.20. The molecule has 0 N–H and O–H groups in total. The average molecular weight is 392 g/mol. The lowest BCUT2D eigenvalue weighted by molar-refractivity contribution is 0.413. The zero-order chi connectivity index (χ0) is 20.7. The number of hydrogen-bond donors (Lipinski definition) is 0. The highest BCUT2D eigenvalue weighted by Gasteiger charge is 2.16. The van der Waals surface area contributed by atoms with Crippen LogP contribution in [0.2, 0.25) is 0 Å². The van der Waals surface area contributed by atoms with Crippen molar-refractivity contribution in [2.45, 2.75) is 40.3 Å². The zero-order valence-corrected chi connectivity index (χ0v) is 17.2. The Morgan fingerprint density at radius 2 is 1.90 bits per heavy atom. The standard InChI is InChI=1S/C21H24N6O2/c1-6-26-12-18(14(4)24-26)15-7-9-16(10-8-15)29-21-23-19-17(20(28)25(21)5)11-22-27(19)13(2)3/h7-13H,6H2,1-5H3. The summed E-state index contributed by atoms with van der Waals surface area (Å²) in [5.74, 6) is 0.603. The SMILES string of the molecule is CCn1cc(-c2ccc(Oc3nc4c(cnn4C(C)C)c(=O)n3C)cc2)c(C)n1. The van der Waals surface area contributed by atoms with Crippen LogP contribution in [0.5, 0.6) is 11.8 Å². The summed E-state index contributed by atoms with van der Waals surface area (Å²) in [4.78, 5) is 17.2. The van der Waals surface area contributed by atoms with Gasteiger partial charge in [-0.05, 0) is 45.4 Å². The predicted molar refractivity (Wildman–Crippen MR) is 111 cm³/mol. The van der Waals surface area contributed by atoms with Gasteiger partial charge in [-0.3, -0.25) is 14.0 Å². The zero-order valence-electron chi connectivity index (χ0n) is 17.2. The van der Waals surface area contributed by atoms with E-state index in [2.05, 4.69) is 22.1 Å². The van der Waals surface area contributed by atoms with E-state index in [4.69, 9.17) is 4.74 Å². The number of hydrogen-bond acceptors (Lipinski definition) is 5. The summed E-state index contributed by atoms with van der Waals surface area (Å²) in [5.41, 5.74) is 3.47. The molecule has 0 aliphatic carbocycles. The molecule has 0 bridgehead atoms. The fourth-order valence-electron chi connectivity index (χ4n) is 3.29. The van der Waals surface area contributed by atoms with Crippen molar-refractivity contribution in [2.75, 3.05) is 0 Å². The van der Waals surface area contributed by atoms with Gasteiger partial charge in [0.25, 0.3) is 5.56 Å². The molecule has 0 aliphatic rings. The topological polar surface area (TPSA) is 79.8 Å². The number of benzene rings is 1. The highest BCUT2D eigenvalue weighted by Crippen LogP contribution is 2.27. The molecule has 0 saturated heterocycles. The monoisotopic (exact) mass is 392 g/mol. The Labute approximate surface area is 168 Å². The van der Waals surface area contributed by atoms with Crippen molar-refractivity contribution in [1.29, 1.82) is 0 Å². The molecule has 8 heteroatoms. The van der Waals surface area contributed by atoms with Crippen LogP contribution in [-0.2, 0) is 13.6 Å². The first-order valence-corrected chi connectivity index (χ1v) is 9.65. The van der Waals surface area contributed by atoms with Gasteiger partial charge in [-0.1, -0.05) is 12.1 Å². The van der Waals surface area contributed by atoms with Crippen molar-refractivity contribution in [2.24, 2.45) is 7.05 Å². The molecule has 1 aromatic carbocycles. The van der Waals surface area contributed by atoms with Gasteiger partial charge in [0.2, 0.25) is 0 Å². The molecule has 0 unspecified atom stereocenters. The van der Waals surface area contributed by atoms with Crippen molar-refractivity contribution in [3.63, 3.8) is 0 Å². The van der Waals surface area contributed by atoms with Gasteiger partial charge in [0.1, 0.15) is 11.1 Å². The molecule has 3 aromatic heterocycles. The first-order valence-electron chi connectivity index (χ1n) is 9.65. The smallest absolute Gasteiger partial charge is 0.306 e. The third-order valence-corrected chi connectivity index (χ3v) is 4.93.